The van der Waals surface area contributed by atoms with Gasteiger partial charge in [-0.3, -0.25) is 0 Å². The normalized spacial score (nSPS) is 10.4. The molecule has 0 amide bonds. The van der Waals surface area contributed by atoms with Crippen LogP contribution in [0.1, 0.15) is 41.2 Å². The van der Waals surface area contributed by atoms with Crippen molar-refractivity contribution in [2.24, 2.45) is 0 Å². The summed E-state index contributed by atoms with van der Waals surface area (Å²) in [6, 6.07) is 6.77. The van der Waals surface area contributed by atoms with Gasteiger partial charge in [-0.2, -0.15) is 5.10 Å². The lowest BCUT2D eigenvalue weighted by Gasteiger charge is -2.08. The number of aryl methyl sites for hydroxylation is 2. The van der Waals surface area contributed by atoms with Gasteiger partial charge in [0.05, 0.1) is 17.0 Å². The number of nitrogens with zero attached hydrogens (tertiary/aromatic N) is 3. The summed E-state index contributed by atoms with van der Waals surface area (Å²) in [7, 11) is 0. The monoisotopic (exact) mass is 286 g/mol. The van der Waals surface area contributed by atoms with Crippen LogP contribution in [0.4, 0.5) is 5.95 Å². The summed E-state index contributed by atoms with van der Waals surface area (Å²) in [5.74, 6) is -0.472. The Morgan fingerprint density at radius 3 is 2.62 bits per heavy atom. The molecule has 0 bridgehead atoms. The number of carboxylic acid groups (broad SMARTS) is 1. The highest BCUT2D eigenvalue weighted by Crippen LogP contribution is 2.10. The summed E-state index contributed by atoms with van der Waals surface area (Å²) in [6.45, 7) is 4.51. The minimum atomic E-state index is -0.935. The molecule has 0 saturated heterocycles. The standard InChI is InChI=1S/C15H18N4O2/c1-3-12-13(4-2)18-19-15(17-12)16-9-10-6-5-7-11(8-10)14(20)21/h5-8H,3-4,9H2,1-2H3,(H,20,21)(H,16,17,19). The van der Waals surface area contributed by atoms with Crippen LogP contribution < -0.4 is 5.32 Å². The predicted molar refractivity (Wildman–Crippen MR) is 79.3 cm³/mol. The molecule has 1 aromatic heterocycles. The molecule has 1 aromatic carbocycles. The first-order valence-electron chi connectivity index (χ1n) is 6.92. The Morgan fingerprint density at radius 2 is 1.95 bits per heavy atom. The van der Waals surface area contributed by atoms with E-state index in [0.717, 1.165) is 29.8 Å². The average Bonchev–Trinajstić information content (AvgIpc) is 2.52. The molecule has 0 fully saturated rings. The maximum Gasteiger partial charge on any atom is 0.335 e. The molecule has 0 spiro atoms. The zero-order valence-corrected chi connectivity index (χ0v) is 12.1. The molecule has 0 aliphatic rings. The number of carbonyl (C=O) groups is 1. The van der Waals surface area contributed by atoms with Crippen LogP contribution in [0.25, 0.3) is 0 Å². The number of carboxylic acids is 1. The summed E-state index contributed by atoms with van der Waals surface area (Å²) in [6.07, 6.45) is 1.62. The Bertz CT molecular complexity index is 643. The summed E-state index contributed by atoms with van der Waals surface area (Å²) >= 11 is 0. The minimum Gasteiger partial charge on any atom is -0.478 e. The quantitative estimate of drug-likeness (QED) is 0.847. The van der Waals surface area contributed by atoms with Crippen molar-refractivity contribution in [1.29, 1.82) is 0 Å². The first-order chi connectivity index (χ1) is 10.1. The smallest absolute Gasteiger partial charge is 0.335 e. The van der Waals surface area contributed by atoms with Crippen LogP contribution >= 0.6 is 0 Å². The molecular formula is C15H18N4O2. The van der Waals surface area contributed by atoms with Crippen molar-refractivity contribution >= 4 is 11.9 Å². The topological polar surface area (TPSA) is 88.0 Å². The Morgan fingerprint density at radius 1 is 1.19 bits per heavy atom. The van der Waals surface area contributed by atoms with Gasteiger partial charge < -0.3 is 10.4 Å². The Hall–Kier alpha value is -2.50. The molecular weight excluding hydrogens is 268 g/mol. The lowest BCUT2D eigenvalue weighted by molar-refractivity contribution is 0.0697. The van der Waals surface area contributed by atoms with Crippen LogP contribution in [0.5, 0.6) is 0 Å². The largest absolute Gasteiger partial charge is 0.478 e. The third-order valence-electron chi connectivity index (χ3n) is 3.13. The van der Waals surface area contributed by atoms with E-state index >= 15 is 0 Å². The average molecular weight is 286 g/mol. The molecule has 21 heavy (non-hydrogen) atoms. The van der Waals surface area contributed by atoms with E-state index in [0.29, 0.717) is 12.5 Å². The second-order valence-electron chi connectivity index (χ2n) is 4.59. The van der Waals surface area contributed by atoms with E-state index in [1.165, 1.54) is 0 Å². The second-order valence-corrected chi connectivity index (χ2v) is 4.59. The fraction of sp³-hybridized carbons (Fsp3) is 0.333. The first-order valence-corrected chi connectivity index (χ1v) is 6.92. The highest BCUT2D eigenvalue weighted by Gasteiger charge is 2.07. The van der Waals surface area contributed by atoms with Gasteiger partial charge in [-0.25, -0.2) is 9.78 Å². The highest BCUT2D eigenvalue weighted by molar-refractivity contribution is 5.87. The fourth-order valence-electron chi connectivity index (χ4n) is 2.01. The Balaban J connectivity index is 2.09. The highest BCUT2D eigenvalue weighted by atomic mass is 16.4. The van der Waals surface area contributed by atoms with Gasteiger partial charge in [0.1, 0.15) is 0 Å². The van der Waals surface area contributed by atoms with Crippen molar-refractivity contribution in [2.45, 2.75) is 33.2 Å². The lowest BCUT2D eigenvalue weighted by Crippen LogP contribution is -2.09. The molecule has 2 rings (SSSR count). The molecule has 0 atom stereocenters. The van der Waals surface area contributed by atoms with Crippen molar-refractivity contribution in [3.8, 4) is 0 Å². The first kappa shape index (κ1) is 14.9. The van der Waals surface area contributed by atoms with E-state index < -0.39 is 5.97 Å². The number of aromatic carboxylic acids is 1. The van der Waals surface area contributed by atoms with Gasteiger partial charge in [-0.1, -0.05) is 26.0 Å². The Labute approximate surface area is 123 Å². The van der Waals surface area contributed by atoms with Crippen molar-refractivity contribution in [1.82, 2.24) is 15.2 Å². The third-order valence-corrected chi connectivity index (χ3v) is 3.13. The number of hydrogen-bond donors (Lipinski definition) is 2. The molecule has 0 radical (unpaired) electrons. The van der Waals surface area contributed by atoms with Gasteiger partial charge in [0, 0.05) is 6.54 Å². The minimum absolute atomic E-state index is 0.268. The zero-order valence-electron chi connectivity index (χ0n) is 12.1. The molecule has 110 valence electrons. The summed E-state index contributed by atoms with van der Waals surface area (Å²) in [5.41, 5.74) is 2.98. The zero-order chi connectivity index (χ0) is 15.2. The van der Waals surface area contributed by atoms with Crippen molar-refractivity contribution in [3.05, 3.63) is 46.8 Å². The van der Waals surface area contributed by atoms with Gasteiger partial charge in [0.2, 0.25) is 5.95 Å². The molecule has 6 heteroatoms. The van der Waals surface area contributed by atoms with E-state index in [4.69, 9.17) is 5.11 Å². The maximum atomic E-state index is 10.9. The SMILES string of the molecule is CCc1nnc(NCc2cccc(C(=O)O)c2)nc1CC. The molecule has 2 aromatic rings. The van der Waals surface area contributed by atoms with Crippen LogP contribution in [0.2, 0.25) is 0 Å². The molecule has 2 N–H and O–H groups in total. The van der Waals surface area contributed by atoms with Crippen LogP contribution in [0.3, 0.4) is 0 Å². The van der Waals surface area contributed by atoms with Crippen LogP contribution in [-0.2, 0) is 19.4 Å². The van der Waals surface area contributed by atoms with Crippen LogP contribution in [0.15, 0.2) is 24.3 Å². The van der Waals surface area contributed by atoms with E-state index in [2.05, 4.69) is 20.5 Å². The molecule has 1 heterocycles. The molecule has 0 aliphatic heterocycles. The second kappa shape index (κ2) is 6.78. The van der Waals surface area contributed by atoms with E-state index in [9.17, 15) is 4.79 Å². The lowest BCUT2D eigenvalue weighted by atomic mass is 10.1. The van der Waals surface area contributed by atoms with Gasteiger partial charge in [-0.05, 0) is 30.5 Å². The molecule has 6 nitrogen and oxygen atoms in total. The van der Waals surface area contributed by atoms with E-state index in [-0.39, 0.29) is 5.56 Å². The van der Waals surface area contributed by atoms with Gasteiger partial charge in [-0.15, -0.1) is 5.10 Å². The summed E-state index contributed by atoms with van der Waals surface area (Å²) in [4.78, 5) is 15.4. The Kier molecular flexibility index (Phi) is 4.81. The summed E-state index contributed by atoms with van der Waals surface area (Å²) in [5, 5.41) is 20.2. The van der Waals surface area contributed by atoms with Gasteiger partial charge in [0.25, 0.3) is 0 Å². The number of hydrogen-bond acceptors (Lipinski definition) is 5. The van der Waals surface area contributed by atoms with Crippen molar-refractivity contribution < 1.29 is 9.90 Å². The van der Waals surface area contributed by atoms with Gasteiger partial charge in [0.15, 0.2) is 0 Å². The maximum absolute atomic E-state index is 10.9. The number of aromatic nitrogens is 3. The van der Waals surface area contributed by atoms with Gasteiger partial charge >= 0.3 is 5.97 Å². The number of benzene rings is 1. The van der Waals surface area contributed by atoms with E-state index in [1.807, 2.05) is 19.9 Å². The molecule has 0 aliphatic carbocycles. The third kappa shape index (κ3) is 3.75. The fourth-order valence-corrected chi connectivity index (χ4v) is 2.01. The molecule has 0 saturated carbocycles. The van der Waals surface area contributed by atoms with Crippen LogP contribution in [-0.4, -0.2) is 26.3 Å². The summed E-state index contributed by atoms with van der Waals surface area (Å²) < 4.78 is 0. The van der Waals surface area contributed by atoms with E-state index in [1.54, 1.807) is 18.2 Å². The predicted octanol–water partition coefficient (Wildman–Crippen LogP) is 2.31. The van der Waals surface area contributed by atoms with Crippen LogP contribution in [0, 0.1) is 0 Å². The molecule has 0 unspecified atom stereocenters. The van der Waals surface area contributed by atoms with Crippen molar-refractivity contribution in [2.75, 3.05) is 5.32 Å². The van der Waals surface area contributed by atoms with Crippen molar-refractivity contribution in [3.63, 3.8) is 0 Å². The number of nitrogens with one attached hydrogen (secondary N) is 1. The number of rotatable bonds is 6. The number of anilines is 1.